The van der Waals surface area contributed by atoms with Crippen LogP contribution in [0.2, 0.25) is 0 Å². The Kier molecular flexibility index (Phi) is 9.13. The fourth-order valence-electron chi connectivity index (χ4n) is 3.11. The van der Waals surface area contributed by atoms with Crippen molar-refractivity contribution in [2.45, 2.75) is 52.4 Å². The number of aliphatic imine (C=N–C) groups is 1. The molecule has 170 valence electrons. The molecule has 2 aromatic heterocycles. The number of anilines is 1. The van der Waals surface area contributed by atoms with Gasteiger partial charge in [0.15, 0.2) is 16.7 Å². The van der Waals surface area contributed by atoms with E-state index in [0.717, 1.165) is 42.7 Å². The van der Waals surface area contributed by atoms with Gasteiger partial charge < -0.3 is 9.15 Å². The number of nitrogens with zero attached hydrogens (tertiary/aromatic N) is 2. The topological polar surface area (TPSA) is 93.8 Å². The van der Waals surface area contributed by atoms with Crippen LogP contribution in [0.3, 0.4) is 0 Å². The van der Waals surface area contributed by atoms with Crippen molar-refractivity contribution in [2.75, 3.05) is 18.5 Å². The molecule has 8 heteroatoms. The summed E-state index contributed by atoms with van der Waals surface area (Å²) in [5.41, 5.74) is 1.88. The van der Waals surface area contributed by atoms with Crippen LogP contribution in [0, 0.1) is 0 Å². The summed E-state index contributed by atoms with van der Waals surface area (Å²) in [7, 11) is 0. The van der Waals surface area contributed by atoms with E-state index in [1.54, 1.807) is 24.4 Å². The predicted octanol–water partition coefficient (Wildman–Crippen LogP) is 5.82. The maximum absolute atomic E-state index is 12.9. The Hall–Kier alpha value is -2.84. The monoisotopic (exact) mass is 455 g/mol. The zero-order valence-corrected chi connectivity index (χ0v) is 19.4. The molecule has 3 rings (SSSR count). The minimum Gasteiger partial charge on any atom is -0.463 e. The number of carbonyl (C=O) groups excluding carboxylic acids is 2. The predicted molar refractivity (Wildman–Crippen MR) is 127 cm³/mol. The van der Waals surface area contributed by atoms with Crippen LogP contribution in [-0.2, 0) is 9.53 Å². The normalized spacial score (nSPS) is 14.2. The third-order valence-electron chi connectivity index (χ3n) is 4.79. The Balaban J connectivity index is 1.77. The number of ketones is 1. The highest BCUT2D eigenvalue weighted by atomic mass is 32.1. The fraction of sp³-hybridized carbons (Fsp3) is 0.417. The van der Waals surface area contributed by atoms with E-state index in [2.05, 4.69) is 15.3 Å². The van der Waals surface area contributed by atoms with E-state index in [0.29, 0.717) is 53.1 Å². The molecule has 0 radical (unpaired) electrons. The minimum atomic E-state index is -0.314. The second-order valence-corrected chi connectivity index (χ2v) is 8.51. The molecular formula is C24H29N3O4S. The number of hydrogen-bond acceptors (Lipinski definition) is 7. The van der Waals surface area contributed by atoms with Crippen molar-refractivity contribution >= 4 is 33.9 Å². The minimum absolute atomic E-state index is 0.0451. The van der Waals surface area contributed by atoms with Crippen LogP contribution in [0.5, 0.6) is 0 Å². The largest absolute Gasteiger partial charge is 0.463 e. The molecule has 3 heterocycles. The fourth-order valence-corrected chi connectivity index (χ4v) is 4.05. The van der Waals surface area contributed by atoms with Gasteiger partial charge >= 0.3 is 0 Å². The van der Waals surface area contributed by atoms with E-state index in [9.17, 15) is 9.59 Å². The highest BCUT2D eigenvalue weighted by molar-refractivity contribution is 7.18. The molecule has 0 fully saturated rings. The number of nitrogens with one attached hydrogen (secondary N) is 1. The van der Waals surface area contributed by atoms with Gasteiger partial charge in [-0.1, -0.05) is 30.4 Å². The van der Waals surface area contributed by atoms with Gasteiger partial charge in [-0.3, -0.25) is 19.9 Å². The van der Waals surface area contributed by atoms with Crippen LogP contribution in [0.1, 0.15) is 62.0 Å². The van der Waals surface area contributed by atoms with Crippen LogP contribution in [-0.4, -0.2) is 35.6 Å². The Morgan fingerprint density at radius 3 is 2.97 bits per heavy atom. The maximum atomic E-state index is 12.9. The van der Waals surface area contributed by atoms with E-state index < -0.39 is 0 Å². The molecule has 0 aliphatic carbocycles. The standard InChI is InChI=1S/C24H29N3O4S/c1-3-13-30-14-7-11-19(28)22-21(20-12-8-15-31-20)26-24(32-22)27-23(29)18-10-6-4-5-9-17(2)25-16-18/h6,8,10,12,15-16H,3-5,7,9,11,13-14H2,1-2H3,(H,26,27,29). The molecule has 0 spiro atoms. The molecule has 0 atom stereocenters. The number of aromatic nitrogens is 1. The van der Waals surface area contributed by atoms with Gasteiger partial charge in [0.05, 0.1) is 11.8 Å². The number of Topliss-reactive ketones (excluding diaryl/α,β-unsaturated/α-hetero) is 1. The zero-order chi connectivity index (χ0) is 22.8. The van der Waals surface area contributed by atoms with Crippen LogP contribution < -0.4 is 5.32 Å². The first-order valence-corrected chi connectivity index (χ1v) is 11.8. The van der Waals surface area contributed by atoms with Crippen molar-refractivity contribution in [1.82, 2.24) is 4.98 Å². The molecule has 1 N–H and O–H groups in total. The molecule has 0 unspecified atom stereocenters. The van der Waals surface area contributed by atoms with Crippen molar-refractivity contribution in [3.63, 3.8) is 0 Å². The number of carbonyl (C=O) groups is 2. The first-order valence-electron chi connectivity index (χ1n) is 11.0. The van der Waals surface area contributed by atoms with Gasteiger partial charge in [-0.25, -0.2) is 4.98 Å². The van der Waals surface area contributed by atoms with E-state index >= 15 is 0 Å². The van der Waals surface area contributed by atoms with Crippen molar-refractivity contribution < 1.29 is 18.7 Å². The molecule has 1 aliphatic heterocycles. The summed E-state index contributed by atoms with van der Waals surface area (Å²) in [4.78, 5) is 35.1. The first-order chi connectivity index (χ1) is 15.6. The Morgan fingerprint density at radius 2 is 2.19 bits per heavy atom. The van der Waals surface area contributed by atoms with Gasteiger partial charge in [-0.15, -0.1) is 0 Å². The third kappa shape index (κ3) is 6.83. The lowest BCUT2D eigenvalue weighted by molar-refractivity contribution is -0.112. The number of amides is 1. The van der Waals surface area contributed by atoms with E-state index in [4.69, 9.17) is 9.15 Å². The van der Waals surface area contributed by atoms with Gasteiger partial charge in [0.1, 0.15) is 10.6 Å². The summed E-state index contributed by atoms with van der Waals surface area (Å²) < 4.78 is 10.9. The van der Waals surface area contributed by atoms with Crippen LogP contribution >= 0.6 is 11.3 Å². The molecule has 0 saturated heterocycles. The van der Waals surface area contributed by atoms with Crippen LogP contribution in [0.25, 0.3) is 11.5 Å². The van der Waals surface area contributed by atoms with Gasteiger partial charge in [0, 0.05) is 31.5 Å². The molecule has 2 aromatic rings. The second kappa shape index (κ2) is 12.3. The summed E-state index contributed by atoms with van der Waals surface area (Å²) >= 11 is 1.16. The van der Waals surface area contributed by atoms with Crippen molar-refractivity contribution in [1.29, 1.82) is 0 Å². The molecule has 0 saturated carbocycles. The molecule has 1 amide bonds. The SMILES string of the molecule is CCCOCCCC(=O)c1sc(NC(=O)C2=CN=C(C)CCCC=C2)nc1-c1ccco1. The Morgan fingerprint density at radius 1 is 1.31 bits per heavy atom. The van der Waals surface area contributed by atoms with Gasteiger partial charge in [-0.2, -0.15) is 0 Å². The Bertz CT molecular complexity index is 1000. The first kappa shape index (κ1) is 23.8. The zero-order valence-electron chi connectivity index (χ0n) is 18.6. The molecular weight excluding hydrogens is 426 g/mol. The van der Waals surface area contributed by atoms with Gasteiger partial charge in [-0.05, 0) is 51.2 Å². The summed E-state index contributed by atoms with van der Waals surface area (Å²) in [6, 6.07) is 3.50. The number of allylic oxidation sites excluding steroid dienone is 1. The Labute approximate surface area is 192 Å². The number of furan rings is 1. The quantitative estimate of drug-likeness (QED) is 0.360. The smallest absolute Gasteiger partial charge is 0.258 e. The molecule has 0 bridgehead atoms. The average Bonchev–Trinajstić information content (AvgIpc) is 3.45. The summed E-state index contributed by atoms with van der Waals surface area (Å²) in [5.74, 6) is 0.136. The van der Waals surface area contributed by atoms with Gasteiger partial charge in [0.2, 0.25) is 0 Å². The van der Waals surface area contributed by atoms with Crippen molar-refractivity contribution in [3.05, 3.63) is 47.2 Å². The van der Waals surface area contributed by atoms with Crippen LogP contribution in [0.15, 0.2) is 51.7 Å². The van der Waals surface area contributed by atoms with E-state index in [1.807, 2.05) is 19.9 Å². The number of ether oxygens (including phenoxy) is 1. The summed E-state index contributed by atoms with van der Waals surface area (Å²) in [6.45, 7) is 5.24. The molecule has 0 aromatic carbocycles. The third-order valence-corrected chi connectivity index (χ3v) is 5.80. The number of rotatable bonds is 10. The molecule has 1 aliphatic rings. The summed E-state index contributed by atoms with van der Waals surface area (Å²) in [6.07, 6.45) is 11.6. The van der Waals surface area contributed by atoms with Crippen molar-refractivity contribution in [3.8, 4) is 11.5 Å². The number of thiazole rings is 1. The highest BCUT2D eigenvalue weighted by Gasteiger charge is 2.22. The lowest BCUT2D eigenvalue weighted by Gasteiger charge is -2.02. The lowest BCUT2D eigenvalue weighted by atomic mass is 10.1. The lowest BCUT2D eigenvalue weighted by Crippen LogP contribution is -2.13. The van der Waals surface area contributed by atoms with Gasteiger partial charge in [0.25, 0.3) is 5.91 Å². The van der Waals surface area contributed by atoms with E-state index in [-0.39, 0.29) is 11.7 Å². The molecule has 7 nitrogen and oxygen atoms in total. The summed E-state index contributed by atoms with van der Waals surface area (Å²) in [5, 5.41) is 3.17. The van der Waals surface area contributed by atoms with Crippen molar-refractivity contribution in [2.24, 2.45) is 4.99 Å². The maximum Gasteiger partial charge on any atom is 0.258 e. The molecule has 32 heavy (non-hydrogen) atoms. The second-order valence-electron chi connectivity index (χ2n) is 7.51. The van der Waals surface area contributed by atoms with Crippen LogP contribution in [0.4, 0.5) is 5.13 Å². The average molecular weight is 456 g/mol. The number of hydrogen-bond donors (Lipinski definition) is 1. The highest BCUT2D eigenvalue weighted by Crippen LogP contribution is 2.33. The van der Waals surface area contributed by atoms with E-state index in [1.165, 1.54) is 6.26 Å².